The Labute approximate surface area is 127 Å². The number of nitrogens with one attached hydrogen (secondary N) is 1. The molecule has 1 aromatic carbocycles. The summed E-state index contributed by atoms with van der Waals surface area (Å²) in [5, 5.41) is 21.0. The van der Waals surface area contributed by atoms with Crippen molar-refractivity contribution in [1.82, 2.24) is 0 Å². The summed E-state index contributed by atoms with van der Waals surface area (Å²) in [4.78, 5) is 22.9. The van der Waals surface area contributed by atoms with Crippen LogP contribution in [0.15, 0.2) is 24.3 Å². The lowest BCUT2D eigenvalue weighted by molar-refractivity contribution is 0.0693. The van der Waals surface area contributed by atoms with E-state index in [2.05, 4.69) is 5.32 Å². The van der Waals surface area contributed by atoms with Crippen LogP contribution >= 0.6 is 34.5 Å². The predicted octanol–water partition coefficient (Wildman–Crippen LogP) is 3.71. The number of aromatic carboxylic acids is 1. The molecule has 104 valence electrons. The third-order valence-corrected chi connectivity index (χ3v) is 3.90. The molecule has 0 spiro atoms. The predicted molar refractivity (Wildman–Crippen MR) is 77.4 cm³/mol. The van der Waals surface area contributed by atoms with Gasteiger partial charge >= 0.3 is 5.97 Å². The number of thiophene rings is 1. The molecule has 0 radical (unpaired) electrons. The molecular weight excluding hydrogens is 325 g/mol. The number of hydrogen-bond donors (Lipinski definition) is 3. The molecule has 1 heterocycles. The maximum Gasteiger partial charge on any atom is 0.339 e. The van der Waals surface area contributed by atoms with Gasteiger partial charge in [-0.15, -0.1) is 11.3 Å². The average molecular weight is 332 g/mol. The van der Waals surface area contributed by atoms with Crippen molar-refractivity contribution in [2.24, 2.45) is 0 Å². The van der Waals surface area contributed by atoms with Gasteiger partial charge in [0.15, 0.2) is 5.75 Å². The Bertz CT molecular complexity index is 699. The quantitative estimate of drug-likeness (QED) is 0.748. The first-order chi connectivity index (χ1) is 9.40. The lowest BCUT2D eigenvalue weighted by Gasteiger charge is -2.08. The number of anilines is 1. The fourth-order valence-electron chi connectivity index (χ4n) is 1.50. The Kier molecular flexibility index (Phi) is 4.17. The number of amides is 1. The van der Waals surface area contributed by atoms with E-state index < -0.39 is 17.6 Å². The van der Waals surface area contributed by atoms with Crippen LogP contribution in [0, 0.1) is 0 Å². The molecule has 0 bridgehead atoms. The molecule has 0 aliphatic carbocycles. The van der Waals surface area contributed by atoms with Crippen molar-refractivity contribution in [3.8, 4) is 5.75 Å². The first kappa shape index (κ1) is 14.6. The second kappa shape index (κ2) is 5.70. The summed E-state index contributed by atoms with van der Waals surface area (Å²) in [5.41, 5.74) is -0.174. The molecular formula is C12H7Cl2NO4S. The second-order valence-corrected chi connectivity index (χ2v) is 5.98. The van der Waals surface area contributed by atoms with Crippen molar-refractivity contribution in [2.75, 3.05) is 5.32 Å². The molecule has 2 rings (SSSR count). The number of aromatic hydroxyl groups is 1. The number of para-hydroxylation sites is 1. The van der Waals surface area contributed by atoms with E-state index in [1.165, 1.54) is 24.3 Å². The zero-order valence-electron chi connectivity index (χ0n) is 9.68. The molecule has 0 aliphatic heterocycles. The Balaban J connectivity index is 2.31. The van der Waals surface area contributed by atoms with Crippen molar-refractivity contribution in [2.45, 2.75) is 0 Å². The minimum Gasteiger partial charge on any atom is -0.505 e. The van der Waals surface area contributed by atoms with E-state index in [0.717, 1.165) is 11.3 Å². The molecule has 1 amide bonds. The van der Waals surface area contributed by atoms with Crippen molar-refractivity contribution in [1.29, 1.82) is 0 Å². The molecule has 20 heavy (non-hydrogen) atoms. The number of carboxylic acid groups (broad SMARTS) is 1. The minimum atomic E-state index is -1.30. The summed E-state index contributed by atoms with van der Waals surface area (Å²) >= 11 is 12.6. The SMILES string of the molecule is O=C(Nc1cccc(C(=O)O)c1O)c1cc(Cl)sc1Cl. The van der Waals surface area contributed by atoms with Crippen LogP contribution in [0.25, 0.3) is 0 Å². The monoisotopic (exact) mass is 331 g/mol. The average Bonchev–Trinajstić information content (AvgIpc) is 2.70. The number of carboxylic acids is 1. The highest BCUT2D eigenvalue weighted by Crippen LogP contribution is 2.33. The number of rotatable bonds is 3. The summed E-state index contributed by atoms with van der Waals surface area (Å²) in [6.07, 6.45) is 0. The fraction of sp³-hybridized carbons (Fsp3) is 0. The molecule has 2 aromatic rings. The largest absolute Gasteiger partial charge is 0.505 e. The fourth-order valence-corrected chi connectivity index (χ4v) is 2.96. The summed E-state index contributed by atoms with van der Waals surface area (Å²) in [7, 11) is 0. The molecule has 0 aliphatic rings. The van der Waals surface area contributed by atoms with Crippen LogP contribution in [-0.4, -0.2) is 22.1 Å². The third-order valence-electron chi connectivity index (χ3n) is 2.42. The number of hydrogen-bond acceptors (Lipinski definition) is 4. The van der Waals surface area contributed by atoms with E-state index in [4.69, 9.17) is 28.3 Å². The topological polar surface area (TPSA) is 86.6 Å². The standard InChI is InChI=1S/C12H7Cl2NO4S/c13-8-4-6(10(14)20-8)11(17)15-7-3-1-2-5(9(7)16)12(18)19/h1-4,16H,(H,15,17)(H,18,19). The first-order valence-corrected chi connectivity index (χ1v) is 6.79. The van der Waals surface area contributed by atoms with E-state index >= 15 is 0 Å². The number of halogens is 2. The van der Waals surface area contributed by atoms with Gasteiger partial charge in [0.05, 0.1) is 15.6 Å². The molecule has 3 N–H and O–H groups in total. The van der Waals surface area contributed by atoms with Gasteiger partial charge in [0.2, 0.25) is 0 Å². The maximum absolute atomic E-state index is 12.0. The second-order valence-electron chi connectivity index (χ2n) is 3.70. The highest BCUT2D eigenvalue weighted by Gasteiger charge is 2.18. The van der Waals surface area contributed by atoms with E-state index in [-0.39, 0.29) is 21.2 Å². The van der Waals surface area contributed by atoms with Gasteiger partial charge in [-0.1, -0.05) is 29.3 Å². The van der Waals surface area contributed by atoms with Crippen LogP contribution in [0.3, 0.4) is 0 Å². The van der Waals surface area contributed by atoms with Crippen LogP contribution < -0.4 is 5.32 Å². The first-order valence-electron chi connectivity index (χ1n) is 5.21. The Morgan fingerprint density at radius 2 is 1.90 bits per heavy atom. The number of carbonyl (C=O) groups is 2. The van der Waals surface area contributed by atoms with Crippen LogP contribution in [0.4, 0.5) is 5.69 Å². The lowest BCUT2D eigenvalue weighted by atomic mass is 10.1. The molecule has 0 fully saturated rings. The maximum atomic E-state index is 12.0. The zero-order valence-corrected chi connectivity index (χ0v) is 12.0. The zero-order chi connectivity index (χ0) is 14.9. The highest BCUT2D eigenvalue weighted by molar-refractivity contribution is 7.20. The number of benzene rings is 1. The molecule has 5 nitrogen and oxygen atoms in total. The molecule has 0 saturated carbocycles. The third kappa shape index (κ3) is 2.87. The van der Waals surface area contributed by atoms with Gasteiger partial charge in [-0.25, -0.2) is 4.79 Å². The Hall–Kier alpha value is -1.76. The summed E-state index contributed by atoms with van der Waals surface area (Å²) in [6, 6.07) is 5.40. The van der Waals surface area contributed by atoms with Gasteiger partial charge in [0.25, 0.3) is 5.91 Å². The van der Waals surface area contributed by atoms with Gasteiger partial charge in [-0.2, -0.15) is 0 Å². The van der Waals surface area contributed by atoms with E-state index in [0.29, 0.717) is 4.34 Å². The highest BCUT2D eigenvalue weighted by atomic mass is 35.5. The van der Waals surface area contributed by atoms with Crippen LogP contribution in [0.2, 0.25) is 8.67 Å². The van der Waals surface area contributed by atoms with Crippen molar-refractivity contribution >= 4 is 52.1 Å². The molecule has 8 heteroatoms. The number of carbonyl (C=O) groups excluding carboxylic acids is 1. The van der Waals surface area contributed by atoms with Crippen molar-refractivity contribution < 1.29 is 19.8 Å². The summed E-state index contributed by atoms with van der Waals surface area (Å²) in [5.74, 6) is -2.41. The van der Waals surface area contributed by atoms with Crippen LogP contribution in [0.1, 0.15) is 20.7 Å². The Morgan fingerprint density at radius 3 is 2.45 bits per heavy atom. The van der Waals surface area contributed by atoms with Gasteiger partial charge in [0.1, 0.15) is 9.90 Å². The van der Waals surface area contributed by atoms with E-state index in [9.17, 15) is 14.7 Å². The van der Waals surface area contributed by atoms with Crippen molar-refractivity contribution in [3.05, 3.63) is 44.1 Å². The van der Waals surface area contributed by atoms with Crippen molar-refractivity contribution in [3.63, 3.8) is 0 Å². The summed E-state index contributed by atoms with van der Waals surface area (Å²) < 4.78 is 0.560. The minimum absolute atomic E-state index is 0.0201. The van der Waals surface area contributed by atoms with E-state index in [1.54, 1.807) is 0 Å². The lowest BCUT2D eigenvalue weighted by Crippen LogP contribution is -2.12. The number of phenols is 1. The van der Waals surface area contributed by atoms with Crippen LogP contribution in [0.5, 0.6) is 5.75 Å². The summed E-state index contributed by atoms with van der Waals surface area (Å²) in [6.45, 7) is 0. The molecule has 0 saturated heterocycles. The van der Waals surface area contributed by atoms with Crippen LogP contribution in [-0.2, 0) is 0 Å². The van der Waals surface area contributed by atoms with Gasteiger partial charge in [-0.05, 0) is 18.2 Å². The van der Waals surface area contributed by atoms with Gasteiger partial charge in [0, 0.05) is 0 Å². The normalized spacial score (nSPS) is 10.3. The van der Waals surface area contributed by atoms with Gasteiger partial charge in [-0.3, -0.25) is 4.79 Å². The molecule has 0 atom stereocenters. The Morgan fingerprint density at radius 1 is 1.20 bits per heavy atom. The molecule has 0 unspecified atom stereocenters. The van der Waals surface area contributed by atoms with E-state index in [1.807, 2.05) is 0 Å². The smallest absolute Gasteiger partial charge is 0.339 e. The van der Waals surface area contributed by atoms with Gasteiger partial charge < -0.3 is 15.5 Å². The molecule has 1 aromatic heterocycles.